The van der Waals surface area contributed by atoms with Crippen LogP contribution in [0.25, 0.3) is 0 Å². The lowest BCUT2D eigenvalue weighted by molar-refractivity contribution is 0.138. The lowest BCUT2D eigenvalue weighted by Crippen LogP contribution is -2.58. The Balaban J connectivity index is 2.22. The molecule has 0 atom stereocenters. The van der Waals surface area contributed by atoms with Crippen LogP contribution in [0.3, 0.4) is 0 Å². The van der Waals surface area contributed by atoms with Crippen LogP contribution in [-0.2, 0) is 6.61 Å². The molecule has 18 heavy (non-hydrogen) atoms. The van der Waals surface area contributed by atoms with Crippen molar-refractivity contribution in [2.75, 3.05) is 31.6 Å². The molecule has 1 saturated heterocycles. The second-order valence-electron chi connectivity index (χ2n) is 5.80. The van der Waals surface area contributed by atoms with Crippen LogP contribution in [0.5, 0.6) is 0 Å². The molecule has 0 aromatic carbocycles. The third kappa shape index (κ3) is 2.49. The van der Waals surface area contributed by atoms with Gasteiger partial charge in [-0.15, -0.1) is 0 Å². The first-order valence-corrected chi connectivity index (χ1v) is 6.46. The number of hydrogen-bond donors (Lipinski definition) is 1. The maximum Gasteiger partial charge on any atom is 0.131 e. The van der Waals surface area contributed by atoms with Crippen molar-refractivity contribution in [2.45, 2.75) is 32.9 Å². The molecule has 0 saturated carbocycles. The number of hydrogen-bond acceptors (Lipinski definition) is 4. The first-order valence-electron chi connectivity index (χ1n) is 6.46. The van der Waals surface area contributed by atoms with E-state index in [0.717, 1.165) is 36.6 Å². The van der Waals surface area contributed by atoms with Crippen molar-refractivity contribution in [3.63, 3.8) is 0 Å². The highest BCUT2D eigenvalue weighted by Gasteiger charge is 2.31. The van der Waals surface area contributed by atoms with E-state index in [1.807, 2.05) is 6.07 Å². The molecule has 1 N–H and O–H groups in total. The Morgan fingerprint density at radius 3 is 2.67 bits per heavy atom. The molecule has 1 aromatic rings. The van der Waals surface area contributed by atoms with E-state index >= 15 is 0 Å². The average Bonchev–Trinajstić information content (AvgIpc) is 2.32. The van der Waals surface area contributed by atoms with E-state index in [2.05, 4.69) is 42.6 Å². The fraction of sp³-hybridized carbons (Fsp3) is 0.643. The molecule has 1 aromatic heterocycles. The lowest BCUT2D eigenvalue weighted by Gasteiger charge is -2.46. The van der Waals surface area contributed by atoms with Crippen LogP contribution >= 0.6 is 0 Å². The highest BCUT2D eigenvalue weighted by atomic mass is 16.3. The summed E-state index contributed by atoms with van der Waals surface area (Å²) < 4.78 is 0. The predicted molar refractivity (Wildman–Crippen MR) is 73.8 cm³/mol. The summed E-state index contributed by atoms with van der Waals surface area (Å²) in [6, 6.07) is 2.02. The predicted octanol–water partition coefficient (Wildman–Crippen LogP) is 1.41. The minimum atomic E-state index is 0.0579. The maximum atomic E-state index is 9.12. The number of aromatic nitrogens is 1. The molecular weight excluding hydrogens is 226 g/mol. The van der Waals surface area contributed by atoms with Crippen molar-refractivity contribution >= 4 is 5.82 Å². The summed E-state index contributed by atoms with van der Waals surface area (Å²) in [5.41, 5.74) is 2.19. The van der Waals surface area contributed by atoms with E-state index in [4.69, 9.17) is 5.11 Å². The number of pyridine rings is 1. The van der Waals surface area contributed by atoms with Crippen LogP contribution in [-0.4, -0.2) is 47.2 Å². The Morgan fingerprint density at radius 2 is 2.11 bits per heavy atom. The zero-order valence-corrected chi connectivity index (χ0v) is 11.8. The Labute approximate surface area is 109 Å². The van der Waals surface area contributed by atoms with Crippen molar-refractivity contribution in [1.29, 1.82) is 0 Å². The van der Waals surface area contributed by atoms with Crippen molar-refractivity contribution in [3.8, 4) is 0 Å². The van der Waals surface area contributed by atoms with Crippen LogP contribution in [0, 0.1) is 6.92 Å². The van der Waals surface area contributed by atoms with Crippen LogP contribution < -0.4 is 4.90 Å². The number of nitrogens with zero attached hydrogens (tertiary/aromatic N) is 3. The SMILES string of the molecule is Cc1cc(CO)cnc1N1CCN(C)C(C)(C)C1. The van der Waals surface area contributed by atoms with Gasteiger partial charge in [-0.2, -0.15) is 0 Å². The van der Waals surface area contributed by atoms with Crippen LogP contribution in [0.1, 0.15) is 25.0 Å². The summed E-state index contributed by atoms with van der Waals surface area (Å²) in [6.07, 6.45) is 1.77. The lowest BCUT2D eigenvalue weighted by atomic mass is 9.99. The topological polar surface area (TPSA) is 39.6 Å². The molecule has 0 amide bonds. The van der Waals surface area contributed by atoms with Gasteiger partial charge in [-0.1, -0.05) is 0 Å². The minimum absolute atomic E-state index is 0.0579. The molecule has 0 spiro atoms. The van der Waals surface area contributed by atoms with Gasteiger partial charge in [0.1, 0.15) is 5.82 Å². The Bertz CT molecular complexity index is 431. The van der Waals surface area contributed by atoms with E-state index < -0.39 is 0 Å². The van der Waals surface area contributed by atoms with Gasteiger partial charge < -0.3 is 10.0 Å². The standard InChI is InChI=1S/C14H23N3O/c1-11-7-12(9-18)8-15-13(11)17-6-5-16(4)14(2,3)10-17/h7-8,18H,5-6,9-10H2,1-4H3. The molecule has 1 aliphatic heterocycles. The van der Waals surface area contributed by atoms with Gasteiger partial charge in [0.05, 0.1) is 6.61 Å². The number of anilines is 1. The van der Waals surface area contributed by atoms with Crippen molar-refractivity contribution < 1.29 is 5.11 Å². The number of aliphatic hydroxyl groups excluding tert-OH is 1. The van der Waals surface area contributed by atoms with Gasteiger partial charge in [0, 0.05) is 31.4 Å². The molecule has 2 heterocycles. The number of aryl methyl sites for hydroxylation is 1. The van der Waals surface area contributed by atoms with Gasteiger partial charge in [-0.25, -0.2) is 4.98 Å². The van der Waals surface area contributed by atoms with Crippen molar-refractivity contribution in [3.05, 3.63) is 23.4 Å². The number of likely N-dealkylation sites (N-methyl/N-ethyl adjacent to an activating group) is 1. The van der Waals surface area contributed by atoms with Crippen LogP contribution in [0.4, 0.5) is 5.82 Å². The fourth-order valence-electron chi connectivity index (χ4n) is 2.46. The van der Waals surface area contributed by atoms with E-state index in [1.165, 1.54) is 0 Å². The van der Waals surface area contributed by atoms with Gasteiger partial charge in [-0.3, -0.25) is 4.90 Å². The summed E-state index contributed by atoms with van der Waals surface area (Å²) in [7, 11) is 2.17. The highest BCUT2D eigenvalue weighted by molar-refractivity contribution is 5.48. The number of aliphatic hydroxyl groups is 1. The zero-order valence-electron chi connectivity index (χ0n) is 11.8. The van der Waals surface area contributed by atoms with Crippen molar-refractivity contribution in [2.24, 2.45) is 0 Å². The molecule has 4 heteroatoms. The first-order chi connectivity index (χ1) is 8.44. The highest BCUT2D eigenvalue weighted by Crippen LogP contribution is 2.25. The van der Waals surface area contributed by atoms with Crippen molar-refractivity contribution in [1.82, 2.24) is 9.88 Å². The Morgan fingerprint density at radius 1 is 1.39 bits per heavy atom. The fourth-order valence-corrected chi connectivity index (χ4v) is 2.46. The molecule has 100 valence electrons. The summed E-state index contributed by atoms with van der Waals surface area (Å²) in [6.45, 7) is 9.68. The second-order valence-corrected chi connectivity index (χ2v) is 5.80. The zero-order chi connectivity index (χ0) is 13.3. The third-order valence-electron chi connectivity index (χ3n) is 3.91. The summed E-state index contributed by atoms with van der Waals surface area (Å²) in [5, 5.41) is 9.12. The monoisotopic (exact) mass is 249 g/mol. The van der Waals surface area contributed by atoms with Gasteiger partial charge >= 0.3 is 0 Å². The average molecular weight is 249 g/mol. The molecule has 2 rings (SSSR count). The van der Waals surface area contributed by atoms with Gasteiger partial charge in [0.25, 0.3) is 0 Å². The van der Waals surface area contributed by atoms with Gasteiger partial charge in [-0.05, 0) is 45.0 Å². The normalized spacial score (nSPS) is 20.2. The molecule has 1 aliphatic rings. The quantitative estimate of drug-likeness (QED) is 0.860. The van der Waals surface area contributed by atoms with Gasteiger partial charge in [0.2, 0.25) is 0 Å². The Hall–Kier alpha value is -1.13. The molecule has 0 radical (unpaired) electrons. The summed E-state index contributed by atoms with van der Waals surface area (Å²) >= 11 is 0. The number of piperazine rings is 1. The van der Waals surface area contributed by atoms with Gasteiger partial charge in [0.15, 0.2) is 0 Å². The second kappa shape index (κ2) is 4.86. The number of rotatable bonds is 2. The van der Waals surface area contributed by atoms with Crippen LogP contribution in [0.15, 0.2) is 12.3 Å². The smallest absolute Gasteiger partial charge is 0.131 e. The van der Waals surface area contributed by atoms with Crippen LogP contribution in [0.2, 0.25) is 0 Å². The molecule has 0 bridgehead atoms. The molecular formula is C14H23N3O. The van der Waals surface area contributed by atoms with E-state index in [-0.39, 0.29) is 12.1 Å². The third-order valence-corrected chi connectivity index (χ3v) is 3.91. The molecule has 4 nitrogen and oxygen atoms in total. The molecule has 0 unspecified atom stereocenters. The largest absolute Gasteiger partial charge is 0.392 e. The van der Waals surface area contributed by atoms with E-state index in [0.29, 0.717) is 0 Å². The summed E-state index contributed by atoms with van der Waals surface area (Å²) in [4.78, 5) is 9.24. The molecule has 0 aliphatic carbocycles. The van der Waals surface area contributed by atoms with E-state index in [1.54, 1.807) is 6.20 Å². The minimum Gasteiger partial charge on any atom is -0.392 e. The molecule has 1 fully saturated rings. The summed E-state index contributed by atoms with van der Waals surface area (Å²) in [5.74, 6) is 1.05. The van der Waals surface area contributed by atoms with E-state index in [9.17, 15) is 0 Å². The Kier molecular flexibility index (Phi) is 3.59. The first kappa shape index (κ1) is 13.3. The maximum absolute atomic E-state index is 9.12.